The molecule has 2 heterocycles. The first-order valence-corrected chi connectivity index (χ1v) is 14.3. The van der Waals surface area contributed by atoms with Gasteiger partial charge in [-0.25, -0.2) is 32.2 Å². The third-order valence-electron chi connectivity index (χ3n) is 7.50. The average molecular weight is 557 g/mol. The number of halogens is 2. The molecule has 2 unspecified atom stereocenters. The highest BCUT2D eigenvalue weighted by molar-refractivity contribution is 7.93. The number of benzene rings is 1. The smallest absolute Gasteiger partial charge is 0.238 e. The van der Waals surface area contributed by atoms with Gasteiger partial charge < -0.3 is 10.1 Å². The molecule has 0 radical (unpaired) electrons. The molecule has 10 nitrogen and oxygen atoms in total. The molecule has 0 spiro atoms. The summed E-state index contributed by atoms with van der Waals surface area (Å²) < 4.78 is 63.0. The summed E-state index contributed by atoms with van der Waals surface area (Å²) in [6.07, 6.45) is 7.09. The molecule has 3 fully saturated rings. The first-order chi connectivity index (χ1) is 18.7. The summed E-state index contributed by atoms with van der Waals surface area (Å²) in [5.41, 5.74) is -1.50. The van der Waals surface area contributed by atoms with E-state index in [1.165, 1.54) is 24.7 Å². The molecular formula is C26H26F2N6O4S. The number of rotatable bonds is 9. The number of nitrogens with zero attached hydrogens (tertiary/aromatic N) is 4. The summed E-state index contributed by atoms with van der Waals surface area (Å²) in [6.45, 7) is 2.13. The largest absolute Gasteiger partial charge is 0.477 e. The third kappa shape index (κ3) is 4.90. The zero-order chi connectivity index (χ0) is 27.4. The molecule has 204 valence electrons. The van der Waals surface area contributed by atoms with Gasteiger partial charge in [0.1, 0.15) is 34.4 Å². The monoisotopic (exact) mass is 556 g/mol. The summed E-state index contributed by atoms with van der Waals surface area (Å²) >= 11 is 0. The zero-order valence-electron chi connectivity index (χ0n) is 21.0. The van der Waals surface area contributed by atoms with Crippen molar-refractivity contribution in [1.82, 2.24) is 19.9 Å². The fourth-order valence-electron chi connectivity index (χ4n) is 5.29. The minimum absolute atomic E-state index is 0.0664. The summed E-state index contributed by atoms with van der Waals surface area (Å²) in [7, 11) is -3.57. The van der Waals surface area contributed by atoms with Crippen LogP contribution in [0.15, 0.2) is 36.8 Å². The fourth-order valence-corrected chi connectivity index (χ4v) is 6.62. The Labute approximate surface area is 223 Å². The molecule has 1 aromatic carbocycles. The SMILES string of the molecule is CCOc1cncc(-c2cc(F)c(NC(=O)C3(c4nccc(NS(=O)(=O)C5CC5)n4)CC4CC4C3)c(F)c2)n1. The zero-order valence-corrected chi connectivity index (χ0v) is 21.8. The molecule has 0 aliphatic heterocycles. The lowest BCUT2D eigenvalue weighted by atomic mass is 9.80. The van der Waals surface area contributed by atoms with Crippen LogP contribution in [0.4, 0.5) is 20.3 Å². The van der Waals surface area contributed by atoms with Gasteiger partial charge in [-0.15, -0.1) is 0 Å². The topological polar surface area (TPSA) is 136 Å². The van der Waals surface area contributed by atoms with Crippen molar-refractivity contribution in [2.24, 2.45) is 11.8 Å². The number of hydrogen-bond donors (Lipinski definition) is 2. The number of fused-ring (bicyclic) bond motifs is 1. The van der Waals surface area contributed by atoms with Gasteiger partial charge in [0.25, 0.3) is 0 Å². The molecule has 1 amide bonds. The summed E-state index contributed by atoms with van der Waals surface area (Å²) in [5.74, 6) is -1.63. The molecule has 3 aliphatic rings. The van der Waals surface area contributed by atoms with Crippen molar-refractivity contribution in [3.63, 3.8) is 0 Å². The quantitative estimate of drug-likeness (QED) is 0.406. The maximum Gasteiger partial charge on any atom is 0.238 e. The van der Waals surface area contributed by atoms with Crippen LogP contribution in [0.2, 0.25) is 0 Å². The van der Waals surface area contributed by atoms with Gasteiger partial charge in [0.15, 0.2) is 0 Å². The van der Waals surface area contributed by atoms with Crippen LogP contribution in [0.3, 0.4) is 0 Å². The molecule has 0 saturated heterocycles. The van der Waals surface area contributed by atoms with Crippen LogP contribution in [0.5, 0.6) is 5.88 Å². The summed E-state index contributed by atoms with van der Waals surface area (Å²) in [5, 5.41) is 1.99. The Morgan fingerprint density at radius 3 is 2.51 bits per heavy atom. The van der Waals surface area contributed by atoms with Gasteiger partial charge in [-0.2, -0.15) is 0 Å². The van der Waals surface area contributed by atoms with Gasteiger partial charge in [-0.1, -0.05) is 0 Å². The second kappa shape index (κ2) is 9.47. The summed E-state index contributed by atoms with van der Waals surface area (Å²) in [6, 6.07) is 3.56. The van der Waals surface area contributed by atoms with Crippen molar-refractivity contribution >= 4 is 27.4 Å². The van der Waals surface area contributed by atoms with Gasteiger partial charge in [0, 0.05) is 11.8 Å². The first kappa shape index (κ1) is 25.5. The molecule has 3 saturated carbocycles. The average Bonchev–Trinajstić information content (AvgIpc) is 3.84. The standard InChI is InChI=1S/C26H26F2N6O4S/c1-2-38-22-13-29-12-20(31-22)14-8-18(27)23(19(28)9-14)33-25(35)26(10-15-7-16(15)11-26)24-30-6-5-21(32-24)34-39(36,37)17-3-4-17/h5-6,8-9,12-13,15-17H,2-4,7,10-11H2,1H3,(H,33,35)(H,30,32,34). The molecule has 6 rings (SSSR count). The summed E-state index contributed by atoms with van der Waals surface area (Å²) in [4.78, 5) is 30.6. The van der Waals surface area contributed by atoms with E-state index in [4.69, 9.17) is 4.74 Å². The van der Waals surface area contributed by atoms with E-state index in [1.807, 2.05) is 0 Å². The van der Waals surface area contributed by atoms with Crippen LogP contribution >= 0.6 is 0 Å². The Hall–Kier alpha value is -3.74. The van der Waals surface area contributed by atoms with Gasteiger partial charge in [0.2, 0.25) is 21.8 Å². The van der Waals surface area contributed by atoms with Gasteiger partial charge in [-0.05, 0) is 69.1 Å². The van der Waals surface area contributed by atoms with Gasteiger partial charge >= 0.3 is 0 Å². The van der Waals surface area contributed by atoms with E-state index in [-0.39, 0.29) is 40.6 Å². The van der Waals surface area contributed by atoms with E-state index in [1.54, 1.807) is 6.92 Å². The minimum Gasteiger partial charge on any atom is -0.477 e. The predicted molar refractivity (Wildman–Crippen MR) is 137 cm³/mol. The van der Waals surface area contributed by atoms with E-state index in [2.05, 4.69) is 30.0 Å². The van der Waals surface area contributed by atoms with Crippen LogP contribution in [0, 0.1) is 23.5 Å². The van der Waals surface area contributed by atoms with Crippen molar-refractivity contribution in [2.45, 2.75) is 49.7 Å². The van der Waals surface area contributed by atoms with E-state index in [0.717, 1.165) is 18.6 Å². The Balaban J connectivity index is 1.28. The molecule has 39 heavy (non-hydrogen) atoms. The Morgan fingerprint density at radius 2 is 1.85 bits per heavy atom. The van der Waals surface area contributed by atoms with Gasteiger partial charge in [0.05, 0.1) is 29.9 Å². The highest BCUT2D eigenvalue weighted by Crippen LogP contribution is 2.60. The van der Waals surface area contributed by atoms with E-state index in [0.29, 0.717) is 32.3 Å². The van der Waals surface area contributed by atoms with Crippen LogP contribution < -0.4 is 14.8 Å². The molecule has 2 aromatic heterocycles. The number of carbonyl (C=O) groups excluding carboxylic acids is 1. The molecule has 3 aromatic rings. The fraction of sp³-hybridized carbons (Fsp3) is 0.423. The maximum atomic E-state index is 15.2. The highest BCUT2D eigenvalue weighted by Gasteiger charge is 2.60. The van der Waals surface area contributed by atoms with Crippen LogP contribution in [-0.2, 0) is 20.2 Å². The molecule has 2 N–H and O–H groups in total. The number of hydrogen-bond acceptors (Lipinski definition) is 8. The minimum atomic E-state index is -3.57. The van der Waals surface area contributed by atoms with Gasteiger partial charge in [-0.3, -0.25) is 14.5 Å². The molecule has 0 bridgehead atoms. The lowest BCUT2D eigenvalue weighted by molar-refractivity contribution is -0.122. The lowest BCUT2D eigenvalue weighted by Gasteiger charge is -2.28. The molecular weight excluding hydrogens is 530 g/mol. The number of carbonyl (C=O) groups is 1. The van der Waals surface area contributed by atoms with E-state index in [9.17, 15) is 13.2 Å². The van der Waals surface area contributed by atoms with Crippen LogP contribution in [-0.4, -0.2) is 46.1 Å². The van der Waals surface area contributed by atoms with E-state index >= 15 is 8.78 Å². The normalized spacial score (nSPS) is 23.7. The predicted octanol–water partition coefficient (Wildman–Crippen LogP) is 3.82. The third-order valence-corrected chi connectivity index (χ3v) is 9.34. The number of ether oxygens (including phenoxy) is 1. The second-order valence-electron chi connectivity index (χ2n) is 10.3. The van der Waals surface area contributed by atoms with Crippen molar-refractivity contribution in [3.8, 4) is 17.1 Å². The highest BCUT2D eigenvalue weighted by atomic mass is 32.2. The van der Waals surface area contributed by atoms with Crippen molar-refractivity contribution in [3.05, 3.63) is 54.2 Å². The first-order valence-electron chi connectivity index (χ1n) is 12.8. The second-order valence-corrected chi connectivity index (χ2v) is 12.3. The molecule has 2 atom stereocenters. The number of amides is 1. The van der Waals surface area contributed by atoms with Crippen molar-refractivity contribution in [2.75, 3.05) is 16.6 Å². The maximum absolute atomic E-state index is 15.2. The van der Waals surface area contributed by atoms with Crippen molar-refractivity contribution < 1.29 is 26.7 Å². The number of sulfonamides is 1. The Bertz CT molecular complexity index is 1530. The molecule has 13 heteroatoms. The lowest BCUT2D eigenvalue weighted by Crippen LogP contribution is -2.41. The Morgan fingerprint density at radius 1 is 1.13 bits per heavy atom. The van der Waals surface area contributed by atoms with Crippen LogP contribution in [0.1, 0.15) is 44.9 Å². The van der Waals surface area contributed by atoms with Crippen LogP contribution in [0.25, 0.3) is 11.3 Å². The Kier molecular flexibility index (Phi) is 6.20. The number of anilines is 2. The number of nitrogens with one attached hydrogen (secondary N) is 2. The van der Waals surface area contributed by atoms with E-state index < -0.39 is 43.9 Å². The molecule has 3 aliphatic carbocycles. The van der Waals surface area contributed by atoms with Crippen molar-refractivity contribution in [1.29, 1.82) is 0 Å². The number of aromatic nitrogens is 4.